The Morgan fingerprint density at radius 3 is 2.15 bits per heavy atom. The molecule has 3 aromatic carbocycles. The van der Waals surface area contributed by atoms with Crippen LogP contribution in [-0.4, -0.2) is 67.5 Å². The lowest BCUT2D eigenvalue weighted by Crippen LogP contribution is -2.73. The van der Waals surface area contributed by atoms with Crippen LogP contribution >= 0.6 is 0 Å². The Kier molecular flexibility index (Phi) is 9.21. The molecule has 2 amide bonds. The van der Waals surface area contributed by atoms with Crippen LogP contribution in [0, 0.1) is 0 Å². The first-order valence-corrected chi connectivity index (χ1v) is 13.4. The van der Waals surface area contributed by atoms with Gasteiger partial charge in [0, 0.05) is 6.42 Å². The van der Waals surface area contributed by atoms with Crippen LogP contribution in [0.2, 0.25) is 0 Å². The molecule has 0 bridgehead atoms. The van der Waals surface area contributed by atoms with Gasteiger partial charge in [0.15, 0.2) is 0 Å². The van der Waals surface area contributed by atoms with Gasteiger partial charge in [0.05, 0.1) is 24.2 Å². The SMILES string of the molecule is CC(O)C(N)(Cc1ccccc1)N(C(=O)O)C(NC(=O)C1c2ccccc2CC1O)C(O)CCc1ccccc1. The Labute approximate surface area is 233 Å². The van der Waals surface area contributed by atoms with Crippen LogP contribution in [0.5, 0.6) is 0 Å². The van der Waals surface area contributed by atoms with E-state index >= 15 is 0 Å². The number of hydrogen-bond acceptors (Lipinski definition) is 6. The zero-order chi connectivity index (χ0) is 28.9. The lowest BCUT2D eigenvalue weighted by Gasteiger charge is -2.47. The standard InChI is InChI=1S/C31H37N3O6/c1-20(35)31(32,19-22-12-6-3-7-13-22)34(30(39)40)28(25(36)17-16-21-10-4-2-5-11-21)33-29(38)27-24-15-9-8-14-23(24)18-26(27)37/h2-15,20,25-28,35-37H,16-19,32H2,1H3,(H,33,38)(H,39,40). The number of amides is 2. The summed E-state index contributed by atoms with van der Waals surface area (Å²) in [6, 6.07) is 25.4. The van der Waals surface area contributed by atoms with E-state index in [0.717, 1.165) is 16.0 Å². The highest BCUT2D eigenvalue weighted by atomic mass is 16.4. The number of benzene rings is 3. The van der Waals surface area contributed by atoms with Crippen molar-refractivity contribution >= 4 is 12.0 Å². The van der Waals surface area contributed by atoms with Gasteiger partial charge in [-0.3, -0.25) is 9.69 Å². The summed E-state index contributed by atoms with van der Waals surface area (Å²) in [6.07, 6.45) is -6.10. The Morgan fingerprint density at radius 2 is 1.55 bits per heavy atom. The molecule has 0 heterocycles. The maximum absolute atomic E-state index is 13.7. The fourth-order valence-electron chi connectivity index (χ4n) is 5.49. The molecule has 7 N–H and O–H groups in total. The van der Waals surface area contributed by atoms with E-state index in [1.54, 1.807) is 42.5 Å². The van der Waals surface area contributed by atoms with E-state index in [0.29, 0.717) is 17.5 Å². The number of carboxylic acid groups (broad SMARTS) is 1. The number of rotatable bonds is 11. The van der Waals surface area contributed by atoms with Gasteiger partial charge in [-0.1, -0.05) is 84.9 Å². The summed E-state index contributed by atoms with van der Waals surface area (Å²) in [5, 5.41) is 46.2. The molecule has 1 aliphatic carbocycles. The van der Waals surface area contributed by atoms with Crippen molar-refractivity contribution in [2.45, 2.75) is 68.7 Å². The highest BCUT2D eigenvalue weighted by molar-refractivity contribution is 5.86. The second-order valence-corrected chi connectivity index (χ2v) is 10.5. The highest BCUT2D eigenvalue weighted by Gasteiger charge is 2.48. The molecule has 40 heavy (non-hydrogen) atoms. The van der Waals surface area contributed by atoms with Crippen molar-refractivity contribution in [3.05, 3.63) is 107 Å². The van der Waals surface area contributed by atoms with Gasteiger partial charge in [-0.15, -0.1) is 0 Å². The van der Waals surface area contributed by atoms with Gasteiger partial charge in [-0.25, -0.2) is 4.79 Å². The van der Waals surface area contributed by atoms with Crippen molar-refractivity contribution in [2.24, 2.45) is 5.73 Å². The quantitative estimate of drug-likeness (QED) is 0.201. The average Bonchev–Trinajstić information content (AvgIpc) is 3.27. The summed E-state index contributed by atoms with van der Waals surface area (Å²) in [6.45, 7) is 1.38. The molecule has 9 nitrogen and oxygen atoms in total. The maximum Gasteiger partial charge on any atom is 0.410 e. The van der Waals surface area contributed by atoms with Gasteiger partial charge >= 0.3 is 6.09 Å². The summed E-state index contributed by atoms with van der Waals surface area (Å²) in [5.41, 5.74) is 7.83. The molecule has 0 aliphatic heterocycles. The number of aliphatic hydroxyl groups is 3. The molecular formula is C31H37N3O6. The van der Waals surface area contributed by atoms with Crippen LogP contribution in [0.3, 0.4) is 0 Å². The van der Waals surface area contributed by atoms with E-state index in [1.807, 2.05) is 42.5 Å². The van der Waals surface area contributed by atoms with Crippen molar-refractivity contribution in [1.82, 2.24) is 10.2 Å². The molecule has 0 fully saturated rings. The molecule has 0 radical (unpaired) electrons. The minimum Gasteiger partial charge on any atom is -0.465 e. The van der Waals surface area contributed by atoms with Crippen molar-refractivity contribution in [1.29, 1.82) is 0 Å². The predicted molar refractivity (Wildman–Crippen MR) is 150 cm³/mol. The lowest BCUT2D eigenvalue weighted by molar-refractivity contribution is -0.131. The maximum atomic E-state index is 13.7. The molecule has 6 atom stereocenters. The molecule has 0 aromatic heterocycles. The molecular weight excluding hydrogens is 510 g/mol. The van der Waals surface area contributed by atoms with E-state index in [4.69, 9.17) is 5.73 Å². The number of aryl methyl sites for hydroxylation is 1. The summed E-state index contributed by atoms with van der Waals surface area (Å²) in [5.74, 6) is -1.59. The van der Waals surface area contributed by atoms with Gasteiger partial charge in [-0.05, 0) is 48.4 Å². The van der Waals surface area contributed by atoms with E-state index < -0.39 is 48.1 Å². The smallest absolute Gasteiger partial charge is 0.410 e. The molecule has 9 heteroatoms. The third-order valence-corrected chi connectivity index (χ3v) is 7.70. The van der Waals surface area contributed by atoms with E-state index in [1.165, 1.54) is 6.92 Å². The first-order chi connectivity index (χ1) is 19.1. The third-order valence-electron chi connectivity index (χ3n) is 7.70. The van der Waals surface area contributed by atoms with Crippen molar-refractivity contribution in [2.75, 3.05) is 0 Å². The molecule has 0 spiro atoms. The third kappa shape index (κ3) is 6.34. The number of fused-ring (bicyclic) bond motifs is 1. The number of nitrogens with one attached hydrogen (secondary N) is 1. The summed E-state index contributed by atoms with van der Waals surface area (Å²) >= 11 is 0. The van der Waals surface area contributed by atoms with Gasteiger partial charge in [0.25, 0.3) is 0 Å². The Bertz CT molecular complexity index is 1290. The first-order valence-electron chi connectivity index (χ1n) is 13.4. The van der Waals surface area contributed by atoms with Crippen molar-refractivity contribution in [3.63, 3.8) is 0 Å². The second-order valence-electron chi connectivity index (χ2n) is 10.5. The van der Waals surface area contributed by atoms with Gasteiger partial charge in [0.2, 0.25) is 5.91 Å². The summed E-state index contributed by atoms with van der Waals surface area (Å²) in [7, 11) is 0. The summed E-state index contributed by atoms with van der Waals surface area (Å²) < 4.78 is 0. The van der Waals surface area contributed by atoms with E-state index in [-0.39, 0.29) is 19.3 Å². The van der Waals surface area contributed by atoms with Crippen LogP contribution in [-0.2, 0) is 24.1 Å². The van der Waals surface area contributed by atoms with Gasteiger partial charge < -0.3 is 31.5 Å². The van der Waals surface area contributed by atoms with Crippen LogP contribution < -0.4 is 11.1 Å². The van der Waals surface area contributed by atoms with Gasteiger partial charge in [-0.2, -0.15) is 0 Å². The van der Waals surface area contributed by atoms with Crippen LogP contribution in [0.4, 0.5) is 4.79 Å². The van der Waals surface area contributed by atoms with Gasteiger partial charge in [0.1, 0.15) is 11.8 Å². The molecule has 0 saturated carbocycles. The number of hydrogen-bond donors (Lipinski definition) is 6. The predicted octanol–water partition coefficient (Wildman–Crippen LogP) is 2.38. The van der Waals surface area contributed by atoms with E-state index in [9.17, 15) is 30.0 Å². The van der Waals surface area contributed by atoms with Crippen LogP contribution in [0.15, 0.2) is 84.9 Å². The van der Waals surface area contributed by atoms with E-state index in [2.05, 4.69) is 5.32 Å². The number of nitrogens with zero attached hydrogens (tertiary/aromatic N) is 1. The van der Waals surface area contributed by atoms with Crippen molar-refractivity contribution in [3.8, 4) is 0 Å². The minimum absolute atomic E-state index is 0.0789. The van der Waals surface area contributed by atoms with Crippen molar-refractivity contribution < 1.29 is 30.0 Å². The molecule has 1 aliphatic rings. The molecule has 0 saturated heterocycles. The fraction of sp³-hybridized carbons (Fsp3) is 0.355. The Balaban J connectivity index is 1.70. The Morgan fingerprint density at radius 1 is 0.975 bits per heavy atom. The van der Waals surface area contributed by atoms with Crippen LogP contribution in [0.1, 0.15) is 41.5 Å². The second kappa shape index (κ2) is 12.6. The number of carbonyl (C=O) groups is 2. The topological polar surface area (TPSA) is 156 Å². The molecule has 212 valence electrons. The molecule has 3 aromatic rings. The molecule has 4 rings (SSSR count). The zero-order valence-electron chi connectivity index (χ0n) is 22.4. The normalized spacial score (nSPS) is 20.0. The first kappa shape index (κ1) is 29.2. The van der Waals surface area contributed by atoms with Crippen LogP contribution in [0.25, 0.3) is 0 Å². The number of aliphatic hydroxyl groups excluding tert-OH is 3. The zero-order valence-corrected chi connectivity index (χ0v) is 22.4. The number of nitrogens with two attached hydrogens (primary N) is 1. The molecule has 6 unspecified atom stereocenters. The fourth-order valence-corrected chi connectivity index (χ4v) is 5.49. The monoisotopic (exact) mass is 547 g/mol. The largest absolute Gasteiger partial charge is 0.465 e. The summed E-state index contributed by atoms with van der Waals surface area (Å²) in [4.78, 5) is 27.3. The Hall–Kier alpha value is -3.76. The number of carbonyl (C=O) groups excluding carboxylic acids is 1. The minimum atomic E-state index is -1.91. The average molecular weight is 548 g/mol. The highest BCUT2D eigenvalue weighted by Crippen LogP contribution is 2.34. The lowest BCUT2D eigenvalue weighted by atomic mass is 9.91.